The highest BCUT2D eigenvalue weighted by molar-refractivity contribution is 6.31. The maximum Gasteiger partial charge on any atom is 0.129 e. The van der Waals surface area contributed by atoms with Gasteiger partial charge in [0, 0.05) is 40.1 Å². The predicted molar refractivity (Wildman–Crippen MR) is 82.6 cm³/mol. The van der Waals surface area contributed by atoms with Gasteiger partial charge in [-0.2, -0.15) is 0 Å². The Hall–Kier alpha value is -0.880. The lowest BCUT2D eigenvalue weighted by Crippen LogP contribution is -2.31. The van der Waals surface area contributed by atoms with E-state index in [0.717, 1.165) is 37.6 Å². The molecule has 5 nitrogen and oxygen atoms in total. The van der Waals surface area contributed by atoms with Crippen molar-refractivity contribution in [2.24, 2.45) is 0 Å². The van der Waals surface area contributed by atoms with Gasteiger partial charge in [-0.05, 0) is 18.2 Å². The van der Waals surface area contributed by atoms with Gasteiger partial charge in [-0.3, -0.25) is 0 Å². The van der Waals surface area contributed by atoms with E-state index >= 15 is 0 Å². The second-order valence-electron chi connectivity index (χ2n) is 4.39. The summed E-state index contributed by atoms with van der Waals surface area (Å²) >= 11 is 6.17. The van der Waals surface area contributed by atoms with Crippen molar-refractivity contribution >= 4 is 17.4 Å². The van der Waals surface area contributed by atoms with Crippen LogP contribution in [0.5, 0.6) is 0 Å². The molecule has 0 unspecified atom stereocenters. The molecule has 6 heteroatoms. The van der Waals surface area contributed by atoms with Gasteiger partial charge in [0.1, 0.15) is 5.82 Å². The molecule has 1 heterocycles. The maximum absolute atomic E-state index is 6.17. The van der Waals surface area contributed by atoms with E-state index in [0.29, 0.717) is 18.2 Å². The zero-order chi connectivity index (χ0) is 14.8. The first kappa shape index (κ1) is 17.2. The first-order chi connectivity index (χ1) is 9.72. The molecule has 0 aliphatic carbocycles. The molecule has 0 fully saturated rings. The quantitative estimate of drug-likeness (QED) is 0.716. The Morgan fingerprint density at radius 2 is 1.90 bits per heavy atom. The molecule has 20 heavy (non-hydrogen) atoms. The van der Waals surface area contributed by atoms with Crippen LogP contribution in [0, 0.1) is 0 Å². The van der Waals surface area contributed by atoms with Crippen molar-refractivity contribution in [2.75, 3.05) is 52.0 Å². The molecule has 0 amide bonds. The van der Waals surface area contributed by atoms with Crippen molar-refractivity contribution in [2.45, 2.75) is 13.5 Å². The molecule has 0 aliphatic rings. The van der Waals surface area contributed by atoms with Crippen LogP contribution in [0.25, 0.3) is 0 Å². The van der Waals surface area contributed by atoms with E-state index in [2.05, 4.69) is 22.1 Å². The third-order valence-corrected chi connectivity index (χ3v) is 3.28. The number of anilines is 1. The molecule has 0 radical (unpaired) electrons. The predicted octanol–water partition coefficient (Wildman–Crippen LogP) is 1.94. The average Bonchev–Trinajstić information content (AvgIpc) is 2.47. The Bertz CT molecular complexity index is 383. The fourth-order valence-electron chi connectivity index (χ4n) is 1.78. The molecular weight excluding hydrogens is 278 g/mol. The maximum atomic E-state index is 6.17. The highest BCUT2D eigenvalue weighted by atomic mass is 35.5. The largest absolute Gasteiger partial charge is 0.383 e. The molecule has 1 N–H and O–H groups in total. The minimum atomic E-state index is 0.649. The van der Waals surface area contributed by atoms with Crippen LogP contribution < -0.4 is 10.2 Å². The molecule has 0 atom stereocenters. The van der Waals surface area contributed by atoms with E-state index < -0.39 is 0 Å². The molecule has 114 valence electrons. The van der Waals surface area contributed by atoms with Gasteiger partial charge in [0.25, 0.3) is 0 Å². The van der Waals surface area contributed by atoms with Crippen molar-refractivity contribution in [3.05, 3.63) is 22.8 Å². The molecular formula is C14H24ClN3O2. The van der Waals surface area contributed by atoms with Crippen LogP contribution in [0.15, 0.2) is 12.3 Å². The van der Waals surface area contributed by atoms with Gasteiger partial charge in [0.15, 0.2) is 0 Å². The molecule has 0 aliphatic heterocycles. The number of ether oxygens (including phenoxy) is 2. The van der Waals surface area contributed by atoms with E-state index in [1.165, 1.54) is 0 Å². The fourth-order valence-corrected chi connectivity index (χ4v) is 1.95. The number of hydrogen-bond acceptors (Lipinski definition) is 5. The summed E-state index contributed by atoms with van der Waals surface area (Å²) in [5.74, 6) is 0.899. The number of methoxy groups -OCH3 is 2. The highest BCUT2D eigenvalue weighted by Gasteiger charge is 2.10. The summed E-state index contributed by atoms with van der Waals surface area (Å²) < 4.78 is 10.3. The van der Waals surface area contributed by atoms with E-state index in [9.17, 15) is 0 Å². The Labute approximate surface area is 126 Å². The van der Waals surface area contributed by atoms with Crippen LogP contribution in [0.3, 0.4) is 0 Å². The van der Waals surface area contributed by atoms with E-state index in [-0.39, 0.29) is 0 Å². The van der Waals surface area contributed by atoms with E-state index in [4.69, 9.17) is 21.1 Å². The number of halogens is 1. The molecule has 0 spiro atoms. The monoisotopic (exact) mass is 301 g/mol. The van der Waals surface area contributed by atoms with Crippen LogP contribution in [-0.4, -0.2) is 52.1 Å². The summed E-state index contributed by atoms with van der Waals surface area (Å²) in [6, 6.07) is 2.02. The first-order valence-electron chi connectivity index (χ1n) is 6.80. The van der Waals surface area contributed by atoms with Gasteiger partial charge in [-0.15, -0.1) is 0 Å². The molecule has 1 aromatic heterocycles. The molecule has 0 saturated carbocycles. The third-order valence-electron chi connectivity index (χ3n) is 2.94. The van der Waals surface area contributed by atoms with Crippen LogP contribution in [0.1, 0.15) is 12.5 Å². The van der Waals surface area contributed by atoms with Crippen molar-refractivity contribution in [1.82, 2.24) is 10.3 Å². The summed E-state index contributed by atoms with van der Waals surface area (Å²) in [5, 5.41) is 3.97. The summed E-state index contributed by atoms with van der Waals surface area (Å²) in [5.41, 5.74) is 1.05. The number of nitrogens with one attached hydrogen (secondary N) is 1. The lowest BCUT2D eigenvalue weighted by molar-refractivity contribution is 0.190. The molecule has 0 aromatic carbocycles. The minimum absolute atomic E-state index is 0.649. The summed E-state index contributed by atoms with van der Waals surface area (Å²) in [4.78, 5) is 6.55. The number of hydrogen-bond donors (Lipinski definition) is 1. The van der Waals surface area contributed by atoms with Gasteiger partial charge >= 0.3 is 0 Å². The number of nitrogens with zero attached hydrogens (tertiary/aromatic N) is 2. The first-order valence-corrected chi connectivity index (χ1v) is 7.18. The third kappa shape index (κ3) is 5.63. The second kappa shape index (κ2) is 9.94. The van der Waals surface area contributed by atoms with E-state index in [1.807, 2.05) is 6.07 Å². The smallest absolute Gasteiger partial charge is 0.129 e. The lowest BCUT2D eigenvalue weighted by atomic mass is 10.2. The Balaban J connectivity index is 2.82. The number of aromatic nitrogens is 1. The van der Waals surface area contributed by atoms with Crippen molar-refractivity contribution in [3.8, 4) is 0 Å². The lowest BCUT2D eigenvalue weighted by Gasteiger charge is -2.23. The fraction of sp³-hybridized carbons (Fsp3) is 0.643. The van der Waals surface area contributed by atoms with Gasteiger partial charge in [-0.1, -0.05) is 18.5 Å². The molecule has 1 aromatic rings. The van der Waals surface area contributed by atoms with E-state index in [1.54, 1.807) is 20.4 Å². The summed E-state index contributed by atoms with van der Waals surface area (Å²) in [6.45, 7) is 6.56. The minimum Gasteiger partial charge on any atom is -0.383 e. The number of pyridine rings is 1. The molecule has 0 saturated heterocycles. The zero-order valence-corrected chi connectivity index (χ0v) is 13.2. The second-order valence-corrected chi connectivity index (χ2v) is 4.79. The molecule has 1 rings (SSSR count). The Morgan fingerprint density at radius 1 is 1.25 bits per heavy atom. The van der Waals surface area contributed by atoms with Gasteiger partial charge < -0.3 is 19.7 Å². The van der Waals surface area contributed by atoms with Crippen LogP contribution >= 0.6 is 11.6 Å². The molecule has 0 bridgehead atoms. The average molecular weight is 302 g/mol. The Kier molecular flexibility index (Phi) is 8.53. The van der Waals surface area contributed by atoms with Crippen molar-refractivity contribution < 1.29 is 9.47 Å². The van der Waals surface area contributed by atoms with Crippen LogP contribution in [0.2, 0.25) is 5.02 Å². The van der Waals surface area contributed by atoms with Crippen molar-refractivity contribution in [1.29, 1.82) is 0 Å². The van der Waals surface area contributed by atoms with Gasteiger partial charge in [0.2, 0.25) is 0 Å². The zero-order valence-electron chi connectivity index (χ0n) is 12.5. The number of rotatable bonds is 10. The summed E-state index contributed by atoms with van der Waals surface area (Å²) in [7, 11) is 3.39. The van der Waals surface area contributed by atoms with Gasteiger partial charge in [0.05, 0.1) is 18.2 Å². The summed E-state index contributed by atoms with van der Waals surface area (Å²) in [6.07, 6.45) is 1.70. The topological polar surface area (TPSA) is 46.6 Å². The van der Waals surface area contributed by atoms with Gasteiger partial charge in [-0.25, -0.2) is 4.98 Å². The van der Waals surface area contributed by atoms with Crippen LogP contribution in [-0.2, 0) is 16.0 Å². The SMILES string of the molecule is CCNCc1cc(N(CCOC)CCOC)ncc1Cl. The Morgan fingerprint density at radius 3 is 2.45 bits per heavy atom. The van der Waals surface area contributed by atoms with Crippen LogP contribution in [0.4, 0.5) is 5.82 Å². The standard InChI is InChI=1S/C14H24ClN3O2/c1-4-16-10-12-9-14(17-11-13(12)15)18(5-7-19-2)6-8-20-3/h9,11,16H,4-8,10H2,1-3H3. The highest BCUT2D eigenvalue weighted by Crippen LogP contribution is 2.20. The van der Waals surface area contributed by atoms with Crippen molar-refractivity contribution in [3.63, 3.8) is 0 Å². The normalized spacial score (nSPS) is 10.8.